The summed E-state index contributed by atoms with van der Waals surface area (Å²) in [6.07, 6.45) is 7.28. The molecule has 0 aromatic heterocycles. The van der Waals surface area contributed by atoms with Crippen LogP contribution in [0.4, 0.5) is 4.79 Å². The zero-order valence-corrected chi connectivity index (χ0v) is 16.7. The second-order valence-corrected chi connectivity index (χ2v) is 8.21. The van der Waals surface area contributed by atoms with Crippen molar-refractivity contribution < 1.29 is 9.53 Å². The summed E-state index contributed by atoms with van der Waals surface area (Å²) in [5, 5.41) is 9.47. The first-order valence-electron chi connectivity index (χ1n) is 10.5. The number of rotatable bonds is 2. The Morgan fingerprint density at radius 1 is 1.21 bits per heavy atom. The molecule has 2 saturated heterocycles. The van der Waals surface area contributed by atoms with Crippen LogP contribution in [0.3, 0.4) is 0 Å². The van der Waals surface area contributed by atoms with Crippen LogP contribution in [-0.4, -0.2) is 54.7 Å². The molecule has 0 radical (unpaired) electrons. The van der Waals surface area contributed by atoms with Gasteiger partial charge >= 0.3 is 6.09 Å². The molecule has 0 bridgehead atoms. The minimum absolute atomic E-state index is 0.169. The molecule has 5 nitrogen and oxygen atoms in total. The van der Waals surface area contributed by atoms with Gasteiger partial charge in [-0.05, 0) is 63.2 Å². The van der Waals surface area contributed by atoms with Gasteiger partial charge in [0.05, 0.1) is 18.2 Å². The summed E-state index contributed by atoms with van der Waals surface area (Å²) in [7, 11) is 0. The van der Waals surface area contributed by atoms with Crippen molar-refractivity contribution in [2.45, 2.75) is 50.5 Å². The molecular formula is C23H29N3O2. The first-order chi connectivity index (χ1) is 13.7. The van der Waals surface area contributed by atoms with Gasteiger partial charge in [-0.25, -0.2) is 4.79 Å². The van der Waals surface area contributed by atoms with E-state index in [2.05, 4.69) is 35.2 Å². The number of allylic oxidation sites excluding steroid dienone is 2. The van der Waals surface area contributed by atoms with E-state index >= 15 is 0 Å². The van der Waals surface area contributed by atoms with Gasteiger partial charge in [0.1, 0.15) is 0 Å². The Morgan fingerprint density at radius 2 is 1.93 bits per heavy atom. The minimum Gasteiger partial charge on any atom is -0.450 e. The van der Waals surface area contributed by atoms with Gasteiger partial charge in [-0.1, -0.05) is 30.3 Å². The van der Waals surface area contributed by atoms with Crippen molar-refractivity contribution in [2.24, 2.45) is 0 Å². The molecule has 3 aliphatic rings. The van der Waals surface area contributed by atoms with Crippen LogP contribution in [0.25, 0.3) is 5.57 Å². The molecule has 1 aromatic rings. The topological polar surface area (TPSA) is 56.6 Å². The molecule has 2 heterocycles. The molecular weight excluding hydrogens is 350 g/mol. The van der Waals surface area contributed by atoms with Crippen molar-refractivity contribution in [1.29, 1.82) is 5.26 Å². The van der Waals surface area contributed by atoms with Gasteiger partial charge in [0, 0.05) is 24.5 Å². The van der Waals surface area contributed by atoms with E-state index in [1.807, 2.05) is 17.9 Å². The molecule has 28 heavy (non-hydrogen) atoms. The molecule has 1 aromatic carbocycles. The van der Waals surface area contributed by atoms with Crippen LogP contribution in [0.2, 0.25) is 0 Å². The molecule has 0 atom stereocenters. The van der Waals surface area contributed by atoms with Crippen LogP contribution < -0.4 is 0 Å². The van der Waals surface area contributed by atoms with Crippen LogP contribution in [-0.2, 0) is 10.2 Å². The predicted molar refractivity (Wildman–Crippen MR) is 109 cm³/mol. The van der Waals surface area contributed by atoms with E-state index in [1.165, 1.54) is 5.56 Å². The van der Waals surface area contributed by atoms with E-state index in [-0.39, 0.29) is 11.5 Å². The van der Waals surface area contributed by atoms with Crippen LogP contribution in [0.15, 0.2) is 30.3 Å². The summed E-state index contributed by atoms with van der Waals surface area (Å²) < 4.78 is 5.13. The molecule has 148 valence electrons. The van der Waals surface area contributed by atoms with Crippen molar-refractivity contribution in [3.63, 3.8) is 0 Å². The molecule has 0 N–H and O–H groups in total. The fraction of sp³-hybridized carbons (Fsp3) is 0.565. The van der Waals surface area contributed by atoms with Gasteiger partial charge in [0.15, 0.2) is 0 Å². The number of carbonyl (C=O) groups is 1. The number of amides is 1. The van der Waals surface area contributed by atoms with E-state index in [4.69, 9.17) is 4.74 Å². The second kappa shape index (κ2) is 7.97. The molecule has 1 amide bonds. The van der Waals surface area contributed by atoms with Gasteiger partial charge in [0.2, 0.25) is 0 Å². The van der Waals surface area contributed by atoms with E-state index < -0.39 is 0 Å². The highest BCUT2D eigenvalue weighted by molar-refractivity contribution is 5.81. The predicted octanol–water partition coefficient (Wildman–Crippen LogP) is 3.95. The highest BCUT2D eigenvalue weighted by atomic mass is 16.6. The molecule has 5 heteroatoms. The second-order valence-electron chi connectivity index (χ2n) is 8.21. The van der Waals surface area contributed by atoms with Crippen LogP contribution in [0.5, 0.6) is 0 Å². The lowest BCUT2D eigenvalue weighted by atomic mass is 9.65. The van der Waals surface area contributed by atoms with Crippen molar-refractivity contribution in [1.82, 2.24) is 9.80 Å². The van der Waals surface area contributed by atoms with Gasteiger partial charge in [-0.2, -0.15) is 5.26 Å². The number of fused-ring (bicyclic) bond motifs is 2. The minimum atomic E-state index is -0.169. The Hall–Kier alpha value is -2.32. The molecule has 1 aliphatic carbocycles. The number of nitriles is 1. The average molecular weight is 380 g/mol. The summed E-state index contributed by atoms with van der Waals surface area (Å²) >= 11 is 0. The summed E-state index contributed by atoms with van der Waals surface area (Å²) in [6, 6.07) is 11.4. The van der Waals surface area contributed by atoms with Crippen molar-refractivity contribution in [2.75, 3.05) is 32.8 Å². The van der Waals surface area contributed by atoms with Gasteiger partial charge in [-0.15, -0.1) is 0 Å². The van der Waals surface area contributed by atoms with Crippen LogP contribution in [0.1, 0.15) is 50.2 Å². The first kappa shape index (κ1) is 19.0. The standard InChI is InChI=1S/C23H29N3O2/c1-2-28-22(27)26-13-8-19(9-14-26)25-15-11-23(12-16-25)10-7-18(17-24)20-5-3-4-6-21(20)23/h3-7,19H,2,8-16H2,1H3. The maximum Gasteiger partial charge on any atom is 0.409 e. The number of piperidine rings is 2. The monoisotopic (exact) mass is 379 g/mol. The summed E-state index contributed by atoms with van der Waals surface area (Å²) in [5.74, 6) is 0. The van der Waals surface area contributed by atoms with Crippen molar-refractivity contribution in [3.8, 4) is 6.07 Å². The van der Waals surface area contributed by atoms with Gasteiger partial charge in [0.25, 0.3) is 0 Å². The number of nitrogens with zero attached hydrogens (tertiary/aromatic N) is 3. The Bertz CT molecular complexity index is 794. The normalized spacial score (nSPS) is 22.3. The highest BCUT2D eigenvalue weighted by Crippen LogP contribution is 2.46. The molecule has 1 spiro atoms. The van der Waals surface area contributed by atoms with Crippen molar-refractivity contribution in [3.05, 3.63) is 41.5 Å². The Balaban J connectivity index is 1.39. The third-order valence-corrected chi connectivity index (χ3v) is 6.87. The van der Waals surface area contributed by atoms with Gasteiger partial charge < -0.3 is 14.5 Å². The maximum atomic E-state index is 11.9. The van der Waals surface area contributed by atoms with E-state index in [1.54, 1.807) is 0 Å². The number of benzene rings is 1. The zero-order chi connectivity index (χ0) is 19.6. The summed E-state index contributed by atoms with van der Waals surface area (Å²) in [4.78, 5) is 16.4. The lowest BCUT2D eigenvalue weighted by molar-refractivity contribution is 0.0562. The lowest BCUT2D eigenvalue weighted by Crippen LogP contribution is -2.51. The number of hydrogen-bond acceptors (Lipinski definition) is 4. The zero-order valence-electron chi connectivity index (χ0n) is 16.7. The Kier molecular flexibility index (Phi) is 5.41. The first-order valence-corrected chi connectivity index (χ1v) is 10.5. The summed E-state index contributed by atoms with van der Waals surface area (Å²) in [5.41, 5.74) is 3.51. The Morgan fingerprint density at radius 3 is 2.61 bits per heavy atom. The molecule has 2 aliphatic heterocycles. The largest absolute Gasteiger partial charge is 0.450 e. The number of ether oxygens (including phenoxy) is 1. The summed E-state index contributed by atoms with van der Waals surface area (Å²) in [6.45, 7) is 6.07. The fourth-order valence-electron chi connectivity index (χ4n) is 5.22. The number of likely N-dealkylation sites (tertiary alicyclic amines) is 2. The van der Waals surface area contributed by atoms with Crippen LogP contribution >= 0.6 is 0 Å². The molecule has 0 saturated carbocycles. The molecule has 0 unspecified atom stereocenters. The molecule has 4 rings (SSSR count). The fourth-order valence-corrected chi connectivity index (χ4v) is 5.22. The van der Waals surface area contributed by atoms with Gasteiger partial charge in [-0.3, -0.25) is 0 Å². The third kappa shape index (κ3) is 3.42. The molecule has 2 fully saturated rings. The quantitative estimate of drug-likeness (QED) is 0.781. The van der Waals surface area contributed by atoms with Crippen molar-refractivity contribution >= 4 is 11.7 Å². The van der Waals surface area contributed by atoms with Crippen LogP contribution in [0, 0.1) is 11.3 Å². The number of carbonyl (C=O) groups excluding carboxylic acids is 1. The highest BCUT2D eigenvalue weighted by Gasteiger charge is 2.41. The Labute approximate surface area is 167 Å². The van der Waals surface area contributed by atoms with E-state index in [0.29, 0.717) is 12.6 Å². The smallest absolute Gasteiger partial charge is 0.409 e. The lowest BCUT2D eigenvalue weighted by Gasteiger charge is -2.47. The number of hydrogen-bond donors (Lipinski definition) is 0. The van der Waals surface area contributed by atoms with E-state index in [0.717, 1.165) is 69.4 Å². The SMILES string of the molecule is CCOC(=O)N1CCC(N2CCC3(CC=C(C#N)c4ccccc43)CC2)CC1. The maximum absolute atomic E-state index is 11.9. The van der Waals surface area contributed by atoms with E-state index in [9.17, 15) is 10.1 Å². The third-order valence-electron chi connectivity index (χ3n) is 6.87. The average Bonchev–Trinajstić information content (AvgIpc) is 2.75.